The van der Waals surface area contributed by atoms with Crippen molar-refractivity contribution in [2.24, 2.45) is 0 Å². The molecule has 0 spiro atoms. The first-order chi connectivity index (χ1) is 11.5. The highest BCUT2D eigenvalue weighted by Crippen LogP contribution is 2.37. The number of aromatic amines is 1. The van der Waals surface area contributed by atoms with Crippen molar-refractivity contribution in [2.45, 2.75) is 19.3 Å². The van der Waals surface area contributed by atoms with Gasteiger partial charge in [0.1, 0.15) is 10.4 Å². The van der Waals surface area contributed by atoms with Crippen LogP contribution in [-0.4, -0.2) is 17.4 Å². The third kappa shape index (κ3) is 2.30. The number of fused-ring (bicyclic) bond motifs is 2. The highest BCUT2D eigenvalue weighted by atomic mass is 32.1. The molecule has 0 radical (unpaired) electrons. The average molecular weight is 339 g/mol. The van der Waals surface area contributed by atoms with Gasteiger partial charge in [-0.25, -0.2) is 0 Å². The van der Waals surface area contributed by atoms with Gasteiger partial charge in [0.05, 0.1) is 5.39 Å². The molecule has 3 aromatic rings. The first-order valence-electron chi connectivity index (χ1n) is 7.74. The summed E-state index contributed by atoms with van der Waals surface area (Å²) >= 11 is 1.44. The minimum atomic E-state index is -0.401. The second kappa shape index (κ2) is 5.21. The predicted octanol–water partition coefficient (Wildman–Crippen LogP) is 3.55. The lowest BCUT2D eigenvalue weighted by atomic mass is 9.87. The van der Waals surface area contributed by atoms with Crippen LogP contribution >= 0.6 is 11.3 Å². The SMILES string of the molecule is CC1(C)CNc2cc(NC(=O)c3c[nH]c4sccc4c3=O)ccc21. The van der Waals surface area contributed by atoms with Crippen molar-refractivity contribution in [1.82, 2.24) is 4.98 Å². The highest BCUT2D eigenvalue weighted by Gasteiger charge is 2.29. The van der Waals surface area contributed by atoms with Gasteiger partial charge in [-0.05, 0) is 29.1 Å². The molecule has 1 amide bonds. The van der Waals surface area contributed by atoms with Crippen molar-refractivity contribution in [3.05, 3.63) is 57.2 Å². The Labute approximate surface area is 142 Å². The van der Waals surface area contributed by atoms with E-state index in [4.69, 9.17) is 0 Å². The van der Waals surface area contributed by atoms with Crippen molar-refractivity contribution in [2.75, 3.05) is 17.2 Å². The van der Waals surface area contributed by atoms with Crippen LogP contribution in [-0.2, 0) is 5.41 Å². The molecular formula is C18H17N3O2S. The Kier molecular flexibility index (Phi) is 3.25. The highest BCUT2D eigenvalue weighted by molar-refractivity contribution is 7.16. The maximum atomic E-state index is 12.5. The first kappa shape index (κ1) is 15.0. The van der Waals surface area contributed by atoms with E-state index in [1.165, 1.54) is 23.1 Å². The zero-order chi connectivity index (χ0) is 16.9. The third-order valence-corrected chi connectivity index (χ3v) is 5.32. The molecule has 1 aliphatic rings. The largest absolute Gasteiger partial charge is 0.384 e. The van der Waals surface area contributed by atoms with Gasteiger partial charge < -0.3 is 15.6 Å². The molecule has 0 fully saturated rings. The van der Waals surface area contributed by atoms with Crippen molar-refractivity contribution >= 4 is 38.8 Å². The van der Waals surface area contributed by atoms with E-state index < -0.39 is 5.91 Å². The summed E-state index contributed by atoms with van der Waals surface area (Å²) in [7, 11) is 0. The fraction of sp³-hybridized carbons (Fsp3) is 0.222. The number of benzene rings is 1. The quantitative estimate of drug-likeness (QED) is 0.668. The maximum Gasteiger partial charge on any atom is 0.261 e. The number of rotatable bonds is 2. The minimum absolute atomic E-state index is 0.0823. The summed E-state index contributed by atoms with van der Waals surface area (Å²) in [6.07, 6.45) is 1.48. The standard InChI is InChI=1S/C18H17N3O2S/c1-18(2)9-20-14-7-10(3-4-13(14)18)21-16(23)12-8-19-17-11(15(12)22)5-6-24-17/h3-8,20H,9H2,1-2H3,(H,19,22)(H,21,23). The van der Waals surface area contributed by atoms with Crippen molar-refractivity contribution in [3.63, 3.8) is 0 Å². The summed E-state index contributed by atoms with van der Waals surface area (Å²) in [5, 5.41) is 8.55. The summed E-state index contributed by atoms with van der Waals surface area (Å²) in [6.45, 7) is 5.23. The van der Waals surface area contributed by atoms with Crippen LogP contribution in [0.25, 0.3) is 10.2 Å². The summed E-state index contributed by atoms with van der Waals surface area (Å²) in [5.74, 6) is -0.401. The smallest absolute Gasteiger partial charge is 0.261 e. The molecule has 1 aliphatic heterocycles. The summed E-state index contributed by atoms with van der Waals surface area (Å²) in [5.41, 5.74) is 2.89. The Morgan fingerprint density at radius 1 is 1.29 bits per heavy atom. The molecule has 0 aliphatic carbocycles. The lowest BCUT2D eigenvalue weighted by Crippen LogP contribution is -2.21. The molecule has 0 saturated carbocycles. The molecule has 122 valence electrons. The molecular weight excluding hydrogens is 322 g/mol. The van der Waals surface area contributed by atoms with Gasteiger partial charge in [0.2, 0.25) is 5.43 Å². The number of pyridine rings is 1. The van der Waals surface area contributed by atoms with Crippen LogP contribution < -0.4 is 16.1 Å². The van der Waals surface area contributed by atoms with E-state index in [-0.39, 0.29) is 16.4 Å². The average Bonchev–Trinajstić information content (AvgIpc) is 3.13. The number of amides is 1. The van der Waals surface area contributed by atoms with Crippen molar-refractivity contribution in [1.29, 1.82) is 0 Å². The Balaban J connectivity index is 1.64. The van der Waals surface area contributed by atoms with Crippen LogP contribution in [0.4, 0.5) is 11.4 Å². The van der Waals surface area contributed by atoms with Gasteiger partial charge in [-0.3, -0.25) is 9.59 Å². The predicted molar refractivity (Wildman–Crippen MR) is 98.4 cm³/mol. The van der Waals surface area contributed by atoms with E-state index >= 15 is 0 Å². The molecule has 24 heavy (non-hydrogen) atoms. The van der Waals surface area contributed by atoms with E-state index in [9.17, 15) is 9.59 Å². The Hall–Kier alpha value is -2.60. The summed E-state index contributed by atoms with van der Waals surface area (Å²) in [4.78, 5) is 28.7. The van der Waals surface area contributed by atoms with Gasteiger partial charge in [-0.2, -0.15) is 0 Å². The Bertz CT molecular complexity index is 1020. The van der Waals surface area contributed by atoms with Gasteiger partial charge in [0.15, 0.2) is 0 Å². The third-order valence-electron chi connectivity index (χ3n) is 4.47. The molecule has 2 aromatic heterocycles. The van der Waals surface area contributed by atoms with Crippen molar-refractivity contribution in [3.8, 4) is 0 Å². The monoisotopic (exact) mass is 339 g/mol. The van der Waals surface area contributed by atoms with Crippen LogP contribution in [0.15, 0.2) is 40.6 Å². The molecule has 3 heterocycles. The number of thiophene rings is 1. The van der Waals surface area contributed by atoms with Gasteiger partial charge in [-0.1, -0.05) is 19.9 Å². The molecule has 0 saturated heterocycles. The normalized spacial score (nSPS) is 15.1. The lowest BCUT2D eigenvalue weighted by molar-refractivity contribution is 0.102. The van der Waals surface area contributed by atoms with E-state index in [1.807, 2.05) is 23.6 Å². The zero-order valence-corrected chi connectivity index (χ0v) is 14.2. The van der Waals surface area contributed by atoms with Crippen molar-refractivity contribution < 1.29 is 4.79 Å². The summed E-state index contributed by atoms with van der Waals surface area (Å²) < 4.78 is 0. The molecule has 3 N–H and O–H groups in total. The number of hydrogen-bond donors (Lipinski definition) is 3. The fourth-order valence-electron chi connectivity index (χ4n) is 3.09. The fourth-order valence-corrected chi connectivity index (χ4v) is 3.84. The number of carbonyl (C=O) groups is 1. The molecule has 1 aromatic carbocycles. The maximum absolute atomic E-state index is 12.5. The van der Waals surface area contributed by atoms with Crippen LogP contribution in [0, 0.1) is 0 Å². The van der Waals surface area contributed by atoms with Crippen LogP contribution in [0.5, 0.6) is 0 Å². The number of hydrogen-bond acceptors (Lipinski definition) is 4. The lowest BCUT2D eigenvalue weighted by Gasteiger charge is -2.17. The molecule has 0 bridgehead atoms. The molecule has 4 rings (SSSR count). The minimum Gasteiger partial charge on any atom is -0.384 e. The second-order valence-corrected chi connectivity index (χ2v) is 7.56. The topological polar surface area (TPSA) is 74.0 Å². The summed E-state index contributed by atoms with van der Waals surface area (Å²) in [6, 6.07) is 7.55. The van der Waals surface area contributed by atoms with E-state index in [2.05, 4.69) is 29.5 Å². The van der Waals surface area contributed by atoms with E-state index in [0.29, 0.717) is 11.1 Å². The number of aromatic nitrogens is 1. The van der Waals surface area contributed by atoms with Gasteiger partial charge in [0, 0.05) is 29.5 Å². The van der Waals surface area contributed by atoms with Gasteiger partial charge >= 0.3 is 0 Å². The van der Waals surface area contributed by atoms with Crippen LogP contribution in [0.1, 0.15) is 29.8 Å². The van der Waals surface area contributed by atoms with Gasteiger partial charge in [-0.15, -0.1) is 11.3 Å². The number of H-pyrrole nitrogens is 1. The van der Waals surface area contributed by atoms with Crippen LogP contribution in [0.2, 0.25) is 0 Å². The van der Waals surface area contributed by atoms with Crippen LogP contribution in [0.3, 0.4) is 0 Å². The molecule has 6 heteroatoms. The first-order valence-corrected chi connectivity index (χ1v) is 8.62. The molecule has 0 atom stereocenters. The Morgan fingerprint density at radius 3 is 2.96 bits per heavy atom. The van der Waals surface area contributed by atoms with E-state index in [0.717, 1.165) is 17.1 Å². The number of nitrogens with one attached hydrogen (secondary N) is 3. The zero-order valence-electron chi connectivity index (χ0n) is 13.4. The number of anilines is 2. The van der Waals surface area contributed by atoms with Gasteiger partial charge in [0.25, 0.3) is 5.91 Å². The second-order valence-electron chi connectivity index (χ2n) is 6.65. The number of carbonyl (C=O) groups excluding carboxylic acids is 1. The van der Waals surface area contributed by atoms with E-state index in [1.54, 1.807) is 6.07 Å². The molecule has 5 nitrogen and oxygen atoms in total. The molecule has 0 unspecified atom stereocenters. The Morgan fingerprint density at radius 2 is 2.12 bits per heavy atom.